The molecule has 0 aromatic heterocycles. The SMILES string of the molecule is NC(N)=Nc1ccc(SC(=O)[C@H](Cc2ccccc2)NC(=O)OCc2ccccc2)cc1. The van der Waals surface area contributed by atoms with Crippen LogP contribution in [0.4, 0.5) is 10.5 Å². The average Bonchev–Trinajstić information content (AvgIpc) is 2.79. The van der Waals surface area contributed by atoms with E-state index in [0.29, 0.717) is 17.0 Å². The van der Waals surface area contributed by atoms with Crippen LogP contribution in [0.2, 0.25) is 0 Å². The van der Waals surface area contributed by atoms with Crippen LogP contribution in [0, 0.1) is 0 Å². The molecule has 0 aliphatic rings. The molecule has 1 atom stereocenters. The molecule has 0 aliphatic carbocycles. The summed E-state index contributed by atoms with van der Waals surface area (Å²) in [6.45, 7) is 0.123. The normalized spacial score (nSPS) is 11.2. The lowest BCUT2D eigenvalue weighted by molar-refractivity contribution is -0.112. The number of amides is 1. The van der Waals surface area contributed by atoms with Crippen molar-refractivity contribution in [3.05, 3.63) is 96.1 Å². The molecule has 0 bridgehead atoms. The summed E-state index contributed by atoms with van der Waals surface area (Å²) in [6, 6.07) is 25.0. The zero-order valence-corrected chi connectivity index (χ0v) is 18.1. The Morgan fingerprint density at radius 1 is 0.875 bits per heavy atom. The number of thioether (sulfide) groups is 1. The second-order valence-corrected chi connectivity index (χ2v) is 7.98. The molecule has 0 aliphatic heterocycles. The van der Waals surface area contributed by atoms with E-state index in [1.165, 1.54) is 0 Å². The number of rotatable bonds is 8. The van der Waals surface area contributed by atoms with Crippen molar-refractivity contribution < 1.29 is 14.3 Å². The van der Waals surface area contributed by atoms with Gasteiger partial charge in [0.1, 0.15) is 12.6 Å². The number of nitrogens with zero attached hydrogens (tertiary/aromatic N) is 1. The van der Waals surface area contributed by atoms with Crippen LogP contribution in [0.1, 0.15) is 11.1 Å². The summed E-state index contributed by atoms with van der Waals surface area (Å²) >= 11 is 1.03. The Morgan fingerprint density at radius 2 is 1.47 bits per heavy atom. The van der Waals surface area contributed by atoms with E-state index in [-0.39, 0.29) is 17.7 Å². The minimum Gasteiger partial charge on any atom is -0.445 e. The molecular weight excluding hydrogens is 424 g/mol. The van der Waals surface area contributed by atoms with Crippen molar-refractivity contribution in [2.45, 2.75) is 24.0 Å². The first kappa shape index (κ1) is 22.9. The molecule has 0 fully saturated rings. The fourth-order valence-corrected chi connectivity index (χ4v) is 3.66. The molecule has 0 unspecified atom stereocenters. The molecule has 164 valence electrons. The van der Waals surface area contributed by atoms with Crippen molar-refractivity contribution >= 4 is 34.6 Å². The van der Waals surface area contributed by atoms with E-state index in [1.54, 1.807) is 24.3 Å². The van der Waals surface area contributed by atoms with Crippen molar-refractivity contribution in [2.75, 3.05) is 0 Å². The van der Waals surface area contributed by atoms with Crippen molar-refractivity contribution in [2.24, 2.45) is 16.5 Å². The molecule has 7 nitrogen and oxygen atoms in total. The largest absolute Gasteiger partial charge is 0.445 e. The molecule has 5 N–H and O–H groups in total. The van der Waals surface area contributed by atoms with E-state index in [2.05, 4.69) is 10.3 Å². The van der Waals surface area contributed by atoms with E-state index in [0.717, 1.165) is 22.9 Å². The average molecular weight is 449 g/mol. The third-order valence-electron chi connectivity index (χ3n) is 4.39. The number of nitrogens with two attached hydrogens (primary N) is 2. The molecule has 0 saturated carbocycles. The number of carbonyl (C=O) groups is 2. The van der Waals surface area contributed by atoms with Gasteiger partial charge in [-0.15, -0.1) is 0 Å². The molecule has 3 rings (SSSR count). The van der Waals surface area contributed by atoms with Gasteiger partial charge in [0.25, 0.3) is 0 Å². The number of aliphatic imine (C=N–C) groups is 1. The molecule has 8 heteroatoms. The first-order chi connectivity index (χ1) is 15.5. The highest BCUT2D eigenvalue weighted by atomic mass is 32.2. The van der Waals surface area contributed by atoms with Gasteiger partial charge in [0.15, 0.2) is 5.96 Å². The molecule has 0 heterocycles. The highest BCUT2D eigenvalue weighted by Gasteiger charge is 2.23. The molecule has 1 amide bonds. The number of ether oxygens (including phenoxy) is 1. The van der Waals surface area contributed by atoms with Crippen molar-refractivity contribution in [1.82, 2.24) is 5.32 Å². The minimum atomic E-state index is -0.761. The lowest BCUT2D eigenvalue weighted by atomic mass is 10.1. The zero-order valence-electron chi connectivity index (χ0n) is 17.3. The Bertz CT molecular complexity index is 1050. The predicted octanol–water partition coefficient (Wildman–Crippen LogP) is 3.75. The molecule has 32 heavy (non-hydrogen) atoms. The van der Waals surface area contributed by atoms with Gasteiger partial charge in [-0.2, -0.15) is 0 Å². The third kappa shape index (κ3) is 7.48. The Balaban J connectivity index is 1.66. The van der Waals surface area contributed by atoms with Crippen LogP contribution in [0.3, 0.4) is 0 Å². The molecule has 3 aromatic rings. The van der Waals surface area contributed by atoms with Gasteiger partial charge in [-0.05, 0) is 47.2 Å². The molecule has 0 radical (unpaired) electrons. The molecule has 0 spiro atoms. The number of hydrogen-bond donors (Lipinski definition) is 3. The van der Waals surface area contributed by atoms with Crippen LogP contribution in [-0.4, -0.2) is 23.2 Å². The van der Waals surface area contributed by atoms with Crippen LogP contribution in [0.5, 0.6) is 0 Å². The second-order valence-electron chi connectivity index (χ2n) is 6.90. The maximum Gasteiger partial charge on any atom is 0.408 e. The van der Waals surface area contributed by atoms with Gasteiger partial charge >= 0.3 is 6.09 Å². The monoisotopic (exact) mass is 448 g/mol. The first-order valence-electron chi connectivity index (χ1n) is 9.92. The summed E-state index contributed by atoms with van der Waals surface area (Å²) < 4.78 is 5.30. The summed E-state index contributed by atoms with van der Waals surface area (Å²) in [5.41, 5.74) is 13.1. The quantitative estimate of drug-likeness (QED) is 0.274. The van der Waals surface area contributed by atoms with E-state index in [9.17, 15) is 9.59 Å². The number of carbonyl (C=O) groups excluding carboxylic acids is 2. The topological polar surface area (TPSA) is 120 Å². The van der Waals surface area contributed by atoms with E-state index < -0.39 is 12.1 Å². The van der Waals surface area contributed by atoms with Crippen LogP contribution < -0.4 is 16.8 Å². The van der Waals surface area contributed by atoms with Crippen LogP contribution >= 0.6 is 11.8 Å². The van der Waals surface area contributed by atoms with Crippen molar-refractivity contribution in [3.8, 4) is 0 Å². The van der Waals surface area contributed by atoms with Gasteiger partial charge in [0.2, 0.25) is 5.12 Å². The Morgan fingerprint density at radius 3 is 2.06 bits per heavy atom. The zero-order chi connectivity index (χ0) is 22.8. The van der Waals surface area contributed by atoms with E-state index in [4.69, 9.17) is 16.2 Å². The maximum absolute atomic E-state index is 13.0. The van der Waals surface area contributed by atoms with Crippen LogP contribution in [0.25, 0.3) is 0 Å². The van der Waals surface area contributed by atoms with Gasteiger partial charge in [0.05, 0.1) is 5.69 Å². The van der Waals surface area contributed by atoms with Gasteiger partial charge in [0, 0.05) is 11.3 Å². The number of alkyl carbamates (subject to hydrolysis) is 1. The standard InChI is InChI=1S/C24H24N4O3S/c25-23(26)27-19-11-13-20(14-12-19)32-22(29)21(15-17-7-3-1-4-8-17)28-24(30)31-16-18-9-5-2-6-10-18/h1-14,21H,15-16H2,(H,28,30)(H4,25,26,27)/t21-/m0/s1. The first-order valence-corrected chi connectivity index (χ1v) is 10.7. The van der Waals surface area contributed by atoms with Crippen molar-refractivity contribution in [3.63, 3.8) is 0 Å². The molecular formula is C24H24N4O3S. The minimum absolute atomic E-state index is 0.0392. The highest BCUT2D eigenvalue weighted by Crippen LogP contribution is 2.24. The molecule has 3 aromatic carbocycles. The summed E-state index contributed by atoms with van der Waals surface area (Å²) in [5, 5.41) is 2.50. The Hall–Kier alpha value is -3.78. The summed E-state index contributed by atoms with van der Waals surface area (Å²) in [7, 11) is 0. The van der Waals surface area contributed by atoms with E-state index in [1.807, 2.05) is 60.7 Å². The lowest BCUT2D eigenvalue weighted by Gasteiger charge is -2.17. The van der Waals surface area contributed by atoms with Gasteiger partial charge in [-0.25, -0.2) is 9.79 Å². The van der Waals surface area contributed by atoms with Gasteiger partial charge in [-0.3, -0.25) is 4.79 Å². The number of guanidine groups is 1. The van der Waals surface area contributed by atoms with E-state index >= 15 is 0 Å². The summed E-state index contributed by atoms with van der Waals surface area (Å²) in [5.74, 6) is -0.0392. The number of benzene rings is 3. The van der Waals surface area contributed by atoms with Crippen LogP contribution in [-0.2, 0) is 22.6 Å². The third-order valence-corrected chi connectivity index (χ3v) is 5.38. The van der Waals surface area contributed by atoms with Crippen molar-refractivity contribution in [1.29, 1.82) is 0 Å². The Kier molecular flexibility index (Phi) is 8.28. The van der Waals surface area contributed by atoms with Gasteiger partial charge in [-0.1, -0.05) is 60.7 Å². The summed E-state index contributed by atoms with van der Waals surface area (Å²) in [6.07, 6.45) is -0.300. The number of hydrogen-bond acceptors (Lipinski definition) is 5. The van der Waals surface area contributed by atoms with Gasteiger partial charge < -0.3 is 21.5 Å². The second kappa shape index (κ2) is 11.6. The fraction of sp³-hybridized carbons (Fsp3) is 0.125. The number of nitrogens with one attached hydrogen (secondary N) is 1. The summed E-state index contributed by atoms with van der Waals surface area (Å²) in [4.78, 5) is 30.1. The lowest BCUT2D eigenvalue weighted by Crippen LogP contribution is -2.41. The smallest absolute Gasteiger partial charge is 0.408 e. The predicted molar refractivity (Wildman–Crippen MR) is 126 cm³/mol. The Labute approximate surface area is 190 Å². The molecule has 0 saturated heterocycles. The highest BCUT2D eigenvalue weighted by molar-refractivity contribution is 8.13. The van der Waals surface area contributed by atoms with Crippen LogP contribution in [0.15, 0.2) is 94.8 Å². The fourth-order valence-electron chi connectivity index (χ4n) is 2.88. The maximum atomic E-state index is 13.0.